The van der Waals surface area contributed by atoms with E-state index >= 15 is 0 Å². The molecule has 0 amide bonds. The van der Waals surface area contributed by atoms with E-state index in [4.69, 9.17) is 9.16 Å². The first-order chi connectivity index (χ1) is 15.9. The minimum absolute atomic E-state index is 0.274. The van der Waals surface area contributed by atoms with Crippen LogP contribution in [-0.2, 0) is 15.6 Å². The Hall–Kier alpha value is -2.01. The van der Waals surface area contributed by atoms with Crippen molar-refractivity contribution in [2.24, 2.45) is 5.92 Å². The Morgan fingerprint density at radius 2 is 1.62 bits per heavy atom. The number of hydrogen-bond donors (Lipinski definition) is 0. The molecule has 5 rings (SSSR count). The molecular formula is C29H43NO3Si. The van der Waals surface area contributed by atoms with E-state index in [1.807, 2.05) is 31.4 Å². The number of ether oxygens (including phenoxy) is 1. The maximum Gasteiger partial charge on any atom is 0.419 e. The van der Waals surface area contributed by atoms with Crippen LogP contribution in [0.3, 0.4) is 0 Å². The van der Waals surface area contributed by atoms with E-state index in [9.17, 15) is 4.79 Å². The van der Waals surface area contributed by atoms with Crippen molar-refractivity contribution in [1.82, 2.24) is 4.57 Å². The van der Waals surface area contributed by atoms with Crippen molar-refractivity contribution in [1.29, 1.82) is 0 Å². The molecule has 1 aromatic carbocycles. The SMILES string of the molecule is CC(C)[Si](OC1=C[C@H]2CC[C@@H]1Cc1c2c2ccccc2n1C(=O)OC(C)(C)C)(C(C)C)C(C)C. The van der Waals surface area contributed by atoms with Gasteiger partial charge in [0, 0.05) is 22.9 Å². The zero-order valence-electron chi connectivity index (χ0n) is 22.6. The Kier molecular flexibility index (Phi) is 6.56. The standard InChI is InChI=1S/C29H43NO3Si/c1-18(2)34(19(3)4,20(5)6)33-26-17-22-15-14-21(26)16-25-27(22)23-12-10-11-13-24(23)30(25)28(31)32-29(7,8)9/h10-13,17-22H,14-16H2,1-9H3/t21-,22-/m1/s1. The van der Waals surface area contributed by atoms with Crippen LogP contribution in [0.25, 0.3) is 10.9 Å². The molecule has 0 fully saturated rings. The summed E-state index contributed by atoms with van der Waals surface area (Å²) in [5.41, 5.74) is 4.44. The van der Waals surface area contributed by atoms with Gasteiger partial charge in [0.1, 0.15) is 5.60 Å². The molecule has 2 bridgehead atoms. The second kappa shape index (κ2) is 8.89. The van der Waals surface area contributed by atoms with Crippen LogP contribution in [-0.4, -0.2) is 24.6 Å². The van der Waals surface area contributed by atoms with Gasteiger partial charge < -0.3 is 9.16 Å². The van der Waals surface area contributed by atoms with Crippen LogP contribution < -0.4 is 0 Å². The lowest BCUT2D eigenvalue weighted by atomic mass is 9.86. The molecule has 0 N–H and O–H groups in total. The minimum atomic E-state index is -2.05. The highest BCUT2D eigenvalue weighted by molar-refractivity contribution is 6.77. The Morgan fingerprint density at radius 3 is 2.21 bits per heavy atom. The van der Waals surface area contributed by atoms with Crippen molar-refractivity contribution in [3.8, 4) is 0 Å². The average Bonchev–Trinajstić information content (AvgIpc) is 2.83. The first kappa shape index (κ1) is 25.1. The summed E-state index contributed by atoms with van der Waals surface area (Å²) in [7, 11) is -2.05. The molecule has 1 heterocycles. The summed E-state index contributed by atoms with van der Waals surface area (Å²) < 4.78 is 15.0. The number of hydrogen-bond acceptors (Lipinski definition) is 3. The van der Waals surface area contributed by atoms with E-state index < -0.39 is 13.9 Å². The summed E-state index contributed by atoms with van der Waals surface area (Å²) in [6.07, 6.45) is 5.17. The molecule has 0 radical (unpaired) electrons. The van der Waals surface area contributed by atoms with Crippen molar-refractivity contribution in [2.75, 3.05) is 0 Å². The van der Waals surface area contributed by atoms with Gasteiger partial charge in [0.2, 0.25) is 0 Å². The second-order valence-electron chi connectivity index (χ2n) is 12.3. The van der Waals surface area contributed by atoms with E-state index in [1.165, 1.54) is 16.7 Å². The van der Waals surface area contributed by atoms with Gasteiger partial charge in [0.05, 0.1) is 11.3 Å². The molecule has 0 saturated carbocycles. The van der Waals surface area contributed by atoms with Gasteiger partial charge in [-0.1, -0.05) is 59.7 Å². The van der Waals surface area contributed by atoms with Crippen LogP contribution in [0.2, 0.25) is 16.6 Å². The maximum atomic E-state index is 13.4. The Balaban J connectivity index is 1.82. The van der Waals surface area contributed by atoms with E-state index in [0.717, 1.165) is 30.5 Å². The van der Waals surface area contributed by atoms with Crippen LogP contribution in [0.1, 0.15) is 92.3 Å². The molecule has 4 nitrogen and oxygen atoms in total. The van der Waals surface area contributed by atoms with Crippen molar-refractivity contribution in [3.63, 3.8) is 0 Å². The topological polar surface area (TPSA) is 40.5 Å². The van der Waals surface area contributed by atoms with E-state index in [-0.39, 0.29) is 12.0 Å². The minimum Gasteiger partial charge on any atom is -0.546 e. The number of fused-ring (bicyclic) bond motifs is 2. The fourth-order valence-corrected chi connectivity index (χ4v) is 12.1. The molecule has 34 heavy (non-hydrogen) atoms. The quantitative estimate of drug-likeness (QED) is 0.402. The van der Waals surface area contributed by atoms with E-state index in [1.54, 1.807) is 0 Å². The number of aromatic nitrogens is 1. The third kappa shape index (κ3) is 4.14. The molecule has 3 aliphatic carbocycles. The average molecular weight is 482 g/mol. The molecule has 0 aliphatic heterocycles. The zero-order valence-corrected chi connectivity index (χ0v) is 23.6. The third-order valence-electron chi connectivity index (χ3n) is 8.00. The summed E-state index contributed by atoms with van der Waals surface area (Å²) in [6.45, 7) is 19.9. The van der Waals surface area contributed by atoms with E-state index in [0.29, 0.717) is 22.5 Å². The Labute approximate surface area is 206 Å². The van der Waals surface area contributed by atoms with Crippen LogP contribution in [0.15, 0.2) is 36.1 Å². The second-order valence-corrected chi connectivity index (χ2v) is 17.6. The maximum absolute atomic E-state index is 13.4. The van der Waals surface area contributed by atoms with Gasteiger partial charge in [-0.2, -0.15) is 0 Å². The Morgan fingerprint density at radius 1 is 1.00 bits per heavy atom. The first-order valence-electron chi connectivity index (χ1n) is 13.1. The van der Waals surface area contributed by atoms with Gasteiger partial charge in [-0.3, -0.25) is 0 Å². The number of para-hydroxylation sites is 1. The lowest BCUT2D eigenvalue weighted by Crippen LogP contribution is -2.48. The predicted octanol–water partition coefficient (Wildman–Crippen LogP) is 8.55. The fraction of sp³-hybridized carbons (Fsp3) is 0.621. The van der Waals surface area contributed by atoms with Gasteiger partial charge in [0.15, 0.2) is 0 Å². The Bertz CT molecular complexity index is 1080. The molecule has 5 heteroatoms. The molecule has 0 saturated heterocycles. The normalized spacial score (nSPS) is 20.6. The number of rotatable bonds is 5. The van der Waals surface area contributed by atoms with Crippen LogP contribution >= 0.6 is 0 Å². The van der Waals surface area contributed by atoms with Crippen molar-refractivity contribution in [3.05, 3.63) is 47.4 Å². The summed E-state index contributed by atoms with van der Waals surface area (Å²) in [6, 6.07) is 8.31. The van der Waals surface area contributed by atoms with Gasteiger partial charge in [-0.15, -0.1) is 0 Å². The van der Waals surface area contributed by atoms with Gasteiger partial charge >= 0.3 is 6.09 Å². The molecule has 0 spiro atoms. The number of nitrogens with zero attached hydrogens (tertiary/aromatic N) is 1. The lowest BCUT2D eigenvalue weighted by molar-refractivity contribution is 0.0539. The van der Waals surface area contributed by atoms with Crippen molar-refractivity contribution in [2.45, 2.75) is 110 Å². The van der Waals surface area contributed by atoms with Gasteiger partial charge in [-0.05, 0) is 74.4 Å². The molecule has 0 unspecified atom stereocenters. The monoisotopic (exact) mass is 481 g/mol. The highest BCUT2D eigenvalue weighted by Gasteiger charge is 2.49. The van der Waals surface area contributed by atoms with E-state index in [2.05, 4.69) is 65.8 Å². The smallest absolute Gasteiger partial charge is 0.419 e. The molecular weight excluding hydrogens is 438 g/mol. The summed E-state index contributed by atoms with van der Waals surface area (Å²) in [5, 5.41) is 1.17. The number of allylic oxidation sites excluding steroid dienone is 2. The fourth-order valence-electron chi connectivity index (χ4n) is 6.73. The predicted molar refractivity (Wildman–Crippen MR) is 143 cm³/mol. The summed E-state index contributed by atoms with van der Waals surface area (Å²) in [5.74, 6) is 1.77. The number of carbonyl (C=O) groups excluding carboxylic acids is 1. The van der Waals surface area contributed by atoms with Gasteiger partial charge in [-0.25, -0.2) is 9.36 Å². The largest absolute Gasteiger partial charge is 0.546 e. The van der Waals surface area contributed by atoms with Gasteiger partial charge in [0.25, 0.3) is 8.32 Å². The molecule has 3 aliphatic rings. The first-order valence-corrected chi connectivity index (χ1v) is 15.3. The summed E-state index contributed by atoms with van der Waals surface area (Å²) in [4.78, 5) is 13.4. The molecule has 1 aromatic heterocycles. The van der Waals surface area contributed by atoms with Crippen LogP contribution in [0, 0.1) is 5.92 Å². The highest BCUT2D eigenvalue weighted by atomic mass is 28.4. The molecule has 186 valence electrons. The number of benzene rings is 1. The van der Waals surface area contributed by atoms with Crippen molar-refractivity contribution >= 4 is 25.3 Å². The number of carbonyl (C=O) groups is 1. The van der Waals surface area contributed by atoms with Crippen molar-refractivity contribution < 1.29 is 14.0 Å². The van der Waals surface area contributed by atoms with Crippen LogP contribution in [0.4, 0.5) is 4.79 Å². The highest BCUT2D eigenvalue weighted by Crippen LogP contribution is 2.50. The molecule has 2 atom stereocenters. The lowest BCUT2D eigenvalue weighted by Gasteiger charge is -2.44. The summed E-state index contributed by atoms with van der Waals surface area (Å²) >= 11 is 0. The molecule has 2 aromatic rings. The van der Waals surface area contributed by atoms with Crippen LogP contribution in [0.5, 0.6) is 0 Å². The third-order valence-corrected chi connectivity index (χ3v) is 14.0. The zero-order chi connectivity index (χ0) is 25.0.